The zero-order valence-corrected chi connectivity index (χ0v) is 12.1. The molecule has 5 nitrogen and oxygen atoms in total. The summed E-state index contributed by atoms with van der Waals surface area (Å²) in [5, 5.41) is 0. The van der Waals surface area contributed by atoms with Gasteiger partial charge in [0.2, 0.25) is 0 Å². The van der Waals surface area contributed by atoms with Crippen molar-refractivity contribution in [1.82, 2.24) is 5.43 Å². The van der Waals surface area contributed by atoms with Crippen LogP contribution in [0.2, 0.25) is 0 Å². The van der Waals surface area contributed by atoms with Gasteiger partial charge in [-0.15, -0.1) is 0 Å². The third-order valence-corrected chi connectivity index (χ3v) is 3.29. The molecular weight excluding hydrogens is 244 g/mol. The van der Waals surface area contributed by atoms with Crippen LogP contribution in [0.5, 0.6) is 11.5 Å². The summed E-state index contributed by atoms with van der Waals surface area (Å²) in [6.07, 6.45) is 0.908. The van der Waals surface area contributed by atoms with Crippen LogP contribution in [0.15, 0.2) is 18.2 Å². The summed E-state index contributed by atoms with van der Waals surface area (Å²) in [5.74, 6) is 7.44. The van der Waals surface area contributed by atoms with Crippen molar-refractivity contribution in [3.8, 4) is 11.5 Å². The first kappa shape index (κ1) is 15.8. The summed E-state index contributed by atoms with van der Waals surface area (Å²) in [5.41, 5.74) is 3.86. The van der Waals surface area contributed by atoms with Crippen LogP contribution in [0.25, 0.3) is 0 Å². The lowest BCUT2D eigenvalue weighted by Crippen LogP contribution is -2.33. The fourth-order valence-electron chi connectivity index (χ4n) is 2.19. The van der Waals surface area contributed by atoms with Crippen LogP contribution in [0, 0.1) is 5.92 Å². The van der Waals surface area contributed by atoms with Gasteiger partial charge in [-0.1, -0.05) is 19.1 Å². The Bertz CT molecular complexity index is 385. The molecule has 1 aromatic carbocycles. The van der Waals surface area contributed by atoms with Gasteiger partial charge >= 0.3 is 0 Å². The van der Waals surface area contributed by atoms with E-state index in [1.54, 1.807) is 21.3 Å². The SMILES string of the molecule is COCCC(C)C(NN)c1cccc(OC)c1OC. The van der Waals surface area contributed by atoms with E-state index in [4.69, 9.17) is 20.1 Å². The molecule has 19 heavy (non-hydrogen) atoms. The van der Waals surface area contributed by atoms with Gasteiger partial charge in [-0.3, -0.25) is 11.3 Å². The first-order valence-corrected chi connectivity index (χ1v) is 6.35. The number of methoxy groups -OCH3 is 3. The highest BCUT2D eigenvalue weighted by molar-refractivity contribution is 5.48. The molecule has 0 aliphatic rings. The van der Waals surface area contributed by atoms with Crippen molar-refractivity contribution in [2.24, 2.45) is 11.8 Å². The third-order valence-electron chi connectivity index (χ3n) is 3.29. The molecule has 0 aromatic heterocycles. The maximum absolute atomic E-state index is 5.71. The van der Waals surface area contributed by atoms with Gasteiger partial charge in [-0.05, 0) is 18.4 Å². The number of hydrogen-bond acceptors (Lipinski definition) is 5. The van der Waals surface area contributed by atoms with Crippen molar-refractivity contribution in [3.05, 3.63) is 23.8 Å². The van der Waals surface area contributed by atoms with Crippen LogP contribution in [0.1, 0.15) is 24.9 Å². The third kappa shape index (κ3) is 3.83. The van der Waals surface area contributed by atoms with E-state index in [0.717, 1.165) is 17.7 Å². The predicted molar refractivity (Wildman–Crippen MR) is 75.3 cm³/mol. The molecule has 0 heterocycles. The molecule has 0 saturated carbocycles. The summed E-state index contributed by atoms with van der Waals surface area (Å²) < 4.78 is 15.9. The average Bonchev–Trinajstić information content (AvgIpc) is 2.45. The summed E-state index contributed by atoms with van der Waals surface area (Å²) >= 11 is 0. The van der Waals surface area contributed by atoms with Gasteiger partial charge in [0.05, 0.1) is 20.3 Å². The van der Waals surface area contributed by atoms with Crippen molar-refractivity contribution < 1.29 is 14.2 Å². The Morgan fingerprint density at radius 2 is 1.95 bits per heavy atom. The zero-order chi connectivity index (χ0) is 14.3. The molecular formula is C14H24N2O3. The Hall–Kier alpha value is -1.30. The van der Waals surface area contributed by atoms with Gasteiger partial charge < -0.3 is 14.2 Å². The van der Waals surface area contributed by atoms with E-state index in [-0.39, 0.29) is 6.04 Å². The summed E-state index contributed by atoms with van der Waals surface area (Å²) in [7, 11) is 4.96. The minimum atomic E-state index is -0.0137. The van der Waals surface area contributed by atoms with Crippen LogP contribution < -0.4 is 20.7 Å². The van der Waals surface area contributed by atoms with Crippen LogP contribution >= 0.6 is 0 Å². The molecule has 1 aromatic rings. The molecule has 1 rings (SSSR count). The number of hydrogen-bond donors (Lipinski definition) is 2. The predicted octanol–water partition coefficient (Wildman–Crippen LogP) is 1.88. The normalized spacial score (nSPS) is 13.9. The van der Waals surface area contributed by atoms with Crippen molar-refractivity contribution in [2.45, 2.75) is 19.4 Å². The molecule has 0 aliphatic carbocycles. The monoisotopic (exact) mass is 268 g/mol. The second-order valence-corrected chi connectivity index (χ2v) is 4.49. The Morgan fingerprint density at radius 3 is 2.47 bits per heavy atom. The molecule has 3 N–H and O–H groups in total. The van der Waals surface area contributed by atoms with Crippen LogP contribution in [-0.4, -0.2) is 27.9 Å². The van der Waals surface area contributed by atoms with E-state index in [1.807, 2.05) is 18.2 Å². The van der Waals surface area contributed by atoms with Crippen LogP contribution in [0.3, 0.4) is 0 Å². The molecule has 108 valence electrons. The molecule has 0 radical (unpaired) electrons. The van der Waals surface area contributed by atoms with E-state index < -0.39 is 0 Å². The largest absolute Gasteiger partial charge is 0.493 e. The van der Waals surface area contributed by atoms with Gasteiger partial charge in [0.25, 0.3) is 0 Å². The van der Waals surface area contributed by atoms with Gasteiger partial charge in [0.1, 0.15) is 0 Å². The summed E-state index contributed by atoms with van der Waals surface area (Å²) in [6, 6.07) is 5.79. The van der Waals surface area contributed by atoms with E-state index in [1.165, 1.54) is 0 Å². The molecule has 2 atom stereocenters. The Labute approximate surface area is 115 Å². The second kappa shape index (κ2) is 7.99. The first-order valence-electron chi connectivity index (χ1n) is 6.35. The molecule has 0 bridgehead atoms. The van der Waals surface area contributed by atoms with Crippen LogP contribution in [0.4, 0.5) is 0 Å². The molecule has 0 aliphatic heterocycles. The van der Waals surface area contributed by atoms with E-state index in [2.05, 4.69) is 12.3 Å². The Balaban J connectivity index is 3.03. The number of rotatable bonds is 8. The maximum Gasteiger partial charge on any atom is 0.165 e. The quantitative estimate of drug-likeness (QED) is 0.556. The van der Waals surface area contributed by atoms with Gasteiger partial charge in [-0.25, -0.2) is 0 Å². The number of nitrogens with one attached hydrogen (secondary N) is 1. The fourth-order valence-corrected chi connectivity index (χ4v) is 2.19. The van der Waals surface area contributed by atoms with E-state index >= 15 is 0 Å². The fraction of sp³-hybridized carbons (Fsp3) is 0.571. The van der Waals surface area contributed by atoms with Crippen molar-refractivity contribution in [3.63, 3.8) is 0 Å². The van der Waals surface area contributed by atoms with Gasteiger partial charge in [0, 0.05) is 19.3 Å². The maximum atomic E-state index is 5.71. The van der Waals surface area contributed by atoms with E-state index in [0.29, 0.717) is 18.3 Å². The summed E-state index contributed by atoms with van der Waals surface area (Å²) in [4.78, 5) is 0. The lowest BCUT2D eigenvalue weighted by atomic mass is 9.92. The van der Waals surface area contributed by atoms with Gasteiger partial charge in [-0.2, -0.15) is 0 Å². The lowest BCUT2D eigenvalue weighted by molar-refractivity contribution is 0.169. The Morgan fingerprint density at radius 1 is 1.21 bits per heavy atom. The van der Waals surface area contributed by atoms with Gasteiger partial charge in [0.15, 0.2) is 11.5 Å². The first-order chi connectivity index (χ1) is 9.19. The highest BCUT2D eigenvalue weighted by Gasteiger charge is 2.23. The molecule has 5 heteroatoms. The minimum absolute atomic E-state index is 0.0137. The van der Waals surface area contributed by atoms with Crippen molar-refractivity contribution in [1.29, 1.82) is 0 Å². The number of benzene rings is 1. The van der Waals surface area contributed by atoms with Crippen LogP contribution in [-0.2, 0) is 4.74 Å². The number of hydrazine groups is 1. The molecule has 0 spiro atoms. The average molecular weight is 268 g/mol. The van der Waals surface area contributed by atoms with Crippen molar-refractivity contribution >= 4 is 0 Å². The number of nitrogens with two attached hydrogens (primary N) is 1. The van der Waals surface area contributed by atoms with Crippen molar-refractivity contribution in [2.75, 3.05) is 27.9 Å². The highest BCUT2D eigenvalue weighted by atomic mass is 16.5. The number of para-hydroxylation sites is 1. The standard InChI is InChI=1S/C14H24N2O3/c1-10(8-9-17-2)13(16-15)11-6-5-7-12(18-3)14(11)19-4/h5-7,10,13,16H,8-9,15H2,1-4H3. The lowest BCUT2D eigenvalue weighted by Gasteiger charge is -2.25. The minimum Gasteiger partial charge on any atom is -0.493 e. The molecule has 0 amide bonds. The molecule has 0 fully saturated rings. The number of ether oxygens (including phenoxy) is 3. The van der Waals surface area contributed by atoms with E-state index in [9.17, 15) is 0 Å². The highest BCUT2D eigenvalue weighted by Crippen LogP contribution is 2.37. The zero-order valence-electron chi connectivity index (χ0n) is 12.1. The topological polar surface area (TPSA) is 65.7 Å². The smallest absolute Gasteiger partial charge is 0.165 e. The summed E-state index contributed by atoms with van der Waals surface area (Å²) in [6.45, 7) is 2.83. The Kier molecular flexibility index (Phi) is 6.62. The second-order valence-electron chi connectivity index (χ2n) is 4.49. The molecule has 2 unspecified atom stereocenters. The molecule has 0 saturated heterocycles.